The summed E-state index contributed by atoms with van der Waals surface area (Å²) in [6.07, 6.45) is 3.50. The summed E-state index contributed by atoms with van der Waals surface area (Å²) in [6, 6.07) is 15.7. The van der Waals surface area contributed by atoms with Crippen molar-refractivity contribution in [1.82, 2.24) is 19.8 Å². The molecule has 1 saturated heterocycles. The lowest BCUT2D eigenvalue weighted by atomic mass is 9.92. The quantitative estimate of drug-likeness (QED) is 0.409. The summed E-state index contributed by atoms with van der Waals surface area (Å²) in [6.45, 7) is 8.22. The van der Waals surface area contributed by atoms with Gasteiger partial charge in [0.2, 0.25) is 11.9 Å². The Morgan fingerprint density at radius 1 is 1.11 bits per heavy atom. The first-order valence-electron chi connectivity index (χ1n) is 12.1. The van der Waals surface area contributed by atoms with Gasteiger partial charge in [-0.25, -0.2) is 9.97 Å². The van der Waals surface area contributed by atoms with Gasteiger partial charge in [-0.15, -0.1) is 0 Å². The molecule has 0 atom stereocenters. The highest BCUT2D eigenvalue weighted by molar-refractivity contribution is 5.87. The van der Waals surface area contributed by atoms with E-state index < -0.39 is 5.95 Å². The van der Waals surface area contributed by atoms with Crippen molar-refractivity contribution in [3.05, 3.63) is 89.5 Å². The van der Waals surface area contributed by atoms with Crippen LogP contribution in [0, 0.1) is 17.3 Å². The summed E-state index contributed by atoms with van der Waals surface area (Å²) in [5.74, 6) is 0.134. The number of anilines is 1. The van der Waals surface area contributed by atoms with E-state index in [1.165, 1.54) is 23.9 Å². The van der Waals surface area contributed by atoms with Crippen molar-refractivity contribution in [3.8, 4) is 17.3 Å². The Labute approximate surface area is 210 Å². The first-order chi connectivity index (χ1) is 17.6. The SMILES string of the molecule is C=CC(=O)N1CCN(c2nc(-c3ccnc(F)c3)c(C#N)c3c2CCN(Cc2ccccc2)C3)CC1. The molecule has 5 rings (SSSR count). The molecule has 0 radical (unpaired) electrons. The topological polar surface area (TPSA) is 76.4 Å². The van der Waals surface area contributed by atoms with E-state index in [0.717, 1.165) is 36.5 Å². The number of carbonyl (C=O) groups is 1. The molecule has 0 spiro atoms. The predicted molar refractivity (Wildman–Crippen MR) is 135 cm³/mol. The number of amides is 1. The zero-order chi connectivity index (χ0) is 25.1. The maximum Gasteiger partial charge on any atom is 0.246 e. The lowest BCUT2D eigenvalue weighted by Gasteiger charge is -2.38. The average molecular weight is 483 g/mol. The molecule has 1 fully saturated rings. The number of halogens is 1. The molecule has 0 unspecified atom stereocenters. The lowest BCUT2D eigenvalue weighted by Crippen LogP contribution is -2.49. The molecular formula is C28H27FN6O. The van der Waals surface area contributed by atoms with Crippen molar-refractivity contribution in [3.63, 3.8) is 0 Å². The summed E-state index contributed by atoms with van der Waals surface area (Å²) in [5, 5.41) is 10.2. The molecule has 1 amide bonds. The maximum absolute atomic E-state index is 14.1. The second-order valence-electron chi connectivity index (χ2n) is 9.06. The molecule has 0 aliphatic carbocycles. The van der Waals surface area contributed by atoms with E-state index in [2.05, 4.69) is 39.6 Å². The molecule has 2 aromatic heterocycles. The molecule has 3 aromatic rings. The third-order valence-electron chi connectivity index (χ3n) is 6.88. The summed E-state index contributed by atoms with van der Waals surface area (Å²) in [4.78, 5) is 27.0. The highest BCUT2D eigenvalue weighted by atomic mass is 19.1. The van der Waals surface area contributed by atoms with Crippen molar-refractivity contribution < 1.29 is 9.18 Å². The van der Waals surface area contributed by atoms with Crippen LogP contribution in [0.2, 0.25) is 0 Å². The third kappa shape index (κ3) is 4.70. The second-order valence-corrected chi connectivity index (χ2v) is 9.06. The molecule has 0 saturated carbocycles. The van der Waals surface area contributed by atoms with Gasteiger partial charge in [-0.05, 0) is 29.7 Å². The molecular weight excluding hydrogens is 455 g/mol. The number of hydrogen-bond donors (Lipinski definition) is 0. The van der Waals surface area contributed by atoms with Crippen molar-refractivity contribution in [2.75, 3.05) is 37.6 Å². The number of hydrogen-bond acceptors (Lipinski definition) is 6. The maximum atomic E-state index is 14.1. The first kappa shape index (κ1) is 23.6. The van der Waals surface area contributed by atoms with Gasteiger partial charge in [0.25, 0.3) is 0 Å². The Balaban J connectivity index is 1.55. The van der Waals surface area contributed by atoms with Crippen LogP contribution in [0.25, 0.3) is 11.3 Å². The molecule has 4 heterocycles. The number of aromatic nitrogens is 2. The van der Waals surface area contributed by atoms with E-state index >= 15 is 0 Å². The monoisotopic (exact) mass is 482 g/mol. The average Bonchev–Trinajstić information content (AvgIpc) is 2.92. The summed E-state index contributed by atoms with van der Waals surface area (Å²) >= 11 is 0. The summed E-state index contributed by atoms with van der Waals surface area (Å²) in [7, 11) is 0. The van der Waals surface area contributed by atoms with Crippen molar-refractivity contribution in [2.45, 2.75) is 19.5 Å². The number of fused-ring (bicyclic) bond motifs is 1. The van der Waals surface area contributed by atoms with Crippen LogP contribution in [0.5, 0.6) is 0 Å². The van der Waals surface area contributed by atoms with Gasteiger partial charge in [0.05, 0.1) is 11.3 Å². The standard InChI is InChI=1S/C28H27FN6O/c1-2-26(36)34-12-14-35(15-13-34)28-22-9-11-33(18-20-6-4-3-5-7-20)19-24(22)23(17-30)27(32-28)21-8-10-31-25(29)16-21/h2-8,10,16H,1,9,11-15,18-19H2. The van der Waals surface area contributed by atoms with E-state index in [9.17, 15) is 14.4 Å². The zero-order valence-corrected chi connectivity index (χ0v) is 20.0. The van der Waals surface area contributed by atoms with E-state index in [0.29, 0.717) is 49.5 Å². The van der Waals surface area contributed by atoms with Crippen LogP contribution in [0.4, 0.5) is 10.2 Å². The fourth-order valence-electron chi connectivity index (χ4n) is 5.05. The number of benzene rings is 1. The van der Waals surface area contributed by atoms with Crippen molar-refractivity contribution in [2.24, 2.45) is 0 Å². The Morgan fingerprint density at radius 3 is 2.58 bits per heavy atom. The van der Waals surface area contributed by atoms with Gasteiger partial charge in [0, 0.05) is 69.2 Å². The van der Waals surface area contributed by atoms with E-state index in [4.69, 9.17) is 4.98 Å². The smallest absolute Gasteiger partial charge is 0.246 e. The van der Waals surface area contributed by atoms with E-state index in [1.807, 2.05) is 18.2 Å². The molecule has 8 heteroatoms. The molecule has 2 aliphatic rings. The van der Waals surface area contributed by atoms with Crippen molar-refractivity contribution >= 4 is 11.7 Å². The molecule has 1 aromatic carbocycles. The minimum atomic E-state index is -0.611. The predicted octanol–water partition coefficient (Wildman–Crippen LogP) is 3.55. The molecule has 2 aliphatic heterocycles. The van der Waals surface area contributed by atoms with Crippen LogP contribution in [-0.4, -0.2) is 58.4 Å². The van der Waals surface area contributed by atoms with Gasteiger partial charge in [0.1, 0.15) is 11.9 Å². The molecule has 36 heavy (non-hydrogen) atoms. The van der Waals surface area contributed by atoms with Crippen LogP contribution in [0.1, 0.15) is 22.3 Å². The Hall–Kier alpha value is -4.09. The fourth-order valence-corrected chi connectivity index (χ4v) is 5.05. The zero-order valence-electron chi connectivity index (χ0n) is 20.0. The number of piperazine rings is 1. The van der Waals surface area contributed by atoms with Gasteiger partial charge in [-0.1, -0.05) is 36.9 Å². The van der Waals surface area contributed by atoms with E-state index in [1.54, 1.807) is 11.0 Å². The minimum Gasteiger partial charge on any atom is -0.353 e. The number of nitriles is 1. The Bertz CT molecular complexity index is 1330. The molecule has 0 N–H and O–H groups in total. The van der Waals surface area contributed by atoms with Crippen LogP contribution >= 0.6 is 0 Å². The third-order valence-corrected chi connectivity index (χ3v) is 6.88. The highest BCUT2D eigenvalue weighted by Gasteiger charge is 2.30. The normalized spacial score (nSPS) is 15.8. The summed E-state index contributed by atoms with van der Waals surface area (Å²) in [5.41, 5.74) is 4.72. The number of pyridine rings is 2. The minimum absolute atomic E-state index is 0.0750. The second kappa shape index (κ2) is 10.3. The number of carbonyl (C=O) groups excluding carboxylic acids is 1. The lowest BCUT2D eigenvalue weighted by molar-refractivity contribution is -0.126. The Kier molecular flexibility index (Phi) is 6.74. The first-order valence-corrected chi connectivity index (χ1v) is 12.1. The highest BCUT2D eigenvalue weighted by Crippen LogP contribution is 2.36. The molecule has 182 valence electrons. The van der Waals surface area contributed by atoms with Crippen LogP contribution in [-0.2, 0) is 24.3 Å². The van der Waals surface area contributed by atoms with E-state index in [-0.39, 0.29) is 5.91 Å². The molecule has 0 bridgehead atoms. The number of nitrogens with zero attached hydrogens (tertiary/aromatic N) is 6. The van der Waals surface area contributed by atoms with Gasteiger partial charge in [-0.3, -0.25) is 9.69 Å². The van der Waals surface area contributed by atoms with Crippen LogP contribution < -0.4 is 4.90 Å². The molecule has 7 nitrogen and oxygen atoms in total. The van der Waals surface area contributed by atoms with Gasteiger partial charge in [0.15, 0.2) is 0 Å². The van der Waals surface area contributed by atoms with Crippen molar-refractivity contribution in [1.29, 1.82) is 5.26 Å². The Morgan fingerprint density at radius 2 is 1.89 bits per heavy atom. The van der Waals surface area contributed by atoms with Crippen LogP contribution in [0.15, 0.2) is 61.3 Å². The largest absolute Gasteiger partial charge is 0.353 e. The van der Waals surface area contributed by atoms with Crippen LogP contribution in [0.3, 0.4) is 0 Å². The number of rotatable bonds is 5. The summed E-state index contributed by atoms with van der Waals surface area (Å²) < 4.78 is 14.1. The van der Waals surface area contributed by atoms with Gasteiger partial charge < -0.3 is 9.80 Å². The van der Waals surface area contributed by atoms with Gasteiger partial charge >= 0.3 is 0 Å². The van der Waals surface area contributed by atoms with Gasteiger partial charge in [-0.2, -0.15) is 9.65 Å². The fraction of sp³-hybridized carbons (Fsp3) is 0.286.